The summed E-state index contributed by atoms with van der Waals surface area (Å²) < 4.78 is 10.6. The zero-order chi connectivity index (χ0) is 19.3. The fourth-order valence-corrected chi connectivity index (χ4v) is 3.72. The van der Waals surface area contributed by atoms with Gasteiger partial charge in [0.15, 0.2) is 11.5 Å². The molecule has 0 aliphatic heterocycles. The van der Waals surface area contributed by atoms with Gasteiger partial charge in [-0.2, -0.15) is 0 Å². The van der Waals surface area contributed by atoms with Gasteiger partial charge in [0, 0.05) is 12.1 Å². The number of thiazole rings is 1. The van der Waals surface area contributed by atoms with Crippen LogP contribution in [0.1, 0.15) is 42.1 Å². The molecule has 0 radical (unpaired) electrons. The predicted molar refractivity (Wildman–Crippen MR) is 120 cm³/mol. The Morgan fingerprint density at radius 2 is 1.79 bits per heavy atom. The monoisotopic (exact) mass is 449 g/mol. The maximum Gasteiger partial charge on any atom is 0.263 e. The summed E-state index contributed by atoms with van der Waals surface area (Å²) in [6.07, 6.45) is 1.57. The lowest BCUT2D eigenvalue weighted by molar-refractivity contribution is 0.0898. The Labute approximate surface area is 183 Å². The largest absolute Gasteiger partial charge is 0.493 e. The van der Waals surface area contributed by atoms with Crippen molar-refractivity contribution >= 4 is 42.1 Å². The fourth-order valence-electron chi connectivity index (χ4n) is 2.76. The topological polar surface area (TPSA) is 86.5 Å². The number of nitrogens with two attached hydrogens (primary N) is 1. The Bertz CT molecular complexity index is 772. The number of hydrogen-bond donors (Lipinski definition) is 2. The van der Waals surface area contributed by atoms with Gasteiger partial charge < -0.3 is 20.5 Å². The van der Waals surface area contributed by atoms with E-state index in [9.17, 15) is 4.79 Å². The van der Waals surface area contributed by atoms with Crippen molar-refractivity contribution < 1.29 is 14.3 Å². The molecule has 1 heterocycles. The number of aromatic nitrogens is 1. The summed E-state index contributed by atoms with van der Waals surface area (Å²) in [5, 5.41) is 3.87. The summed E-state index contributed by atoms with van der Waals surface area (Å²) in [5.41, 5.74) is 7.10. The number of hydrogen-bond acceptors (Lipinski definition) is 6. The van der Waals surface area contributed by atoms with Gasteiger partial charge in [0.05, 0.1) is 25.5 Å². The minimum atomic E-state index is -0.378. The fraction of sp³-hybridized carbons (Fsp3) is 0.474. The Kier molecular flexibility index (Phi) is 10.8. The Balaban J connectivity index is 0.00000364. The molecule has 0 saturated heterocycles. The molecule has 1 aromatic heterocycles. The van der Waals surface area contributed by atoms with Crippen molar-refractivity contribution in [2.75, 3.05) is 20.8 Å². The maximum atomic E-state index is 12.8. The second kappa shape index (κ2) is 11.5. The molecule has 2 rings (SSSR count). The van der Waals surface area contributed by atoms with Gasteiger partial charge in [-0.05, 0) is 38.0 Å². The molecular weight excluding hydrogens is 421 g/mol. The molecule has 0 aliphatic rings. The first-order valence-corrected chi connectivity index (χ1v) is 9.47. The molecule has 0 aliphatic carbocycles. The van der Waals surface area contributed by atoms with Crippen molar-refractivity contribution in [1.82, 2.24) is 10.3 Å². The van der Waals surface area contributed by atoms with Crippen LogP contribution in [0.25, 0.3) is 10.6 Å². The van der Waals surface area contributed by atoms with E-state index in [-0.39, 0.29) is 36.3 Å². The third kappa shape index (κ3) is 5.50. The first kappa shape index (κ1) is 26.5. The molecule has 0 unspecified atom stereocenters. The van der Waals surface area contributed by atoms with Gasteiger partial charge in [-0.1, -0.05) is 13.8 Å². The van der Waals surface area contributed by atoms with E-state index in [4.69, 9.17) is 15.2 Å². The molecule has 158 valence electrons. The lowest BCUT2D eigenvalue weighted by Crippen LogP contribution is -2.52. The van der Waals surface area contributed by atoms with E-state index >= 15 is 0 Å². The number of ether oxygens (including phenoxy) is 2. The average molecular weight is 450 g/mol. The summed E-state index contributed by atoms with van der Waals surface area (Å²) in [5.74, 6) is 1.16. The van der Waals surface area contributed by atoms with Crippen LogP contribution in [0, 0.1) is 6.92 Å². The first-order valence-electron chi connectivity index (χ1n) is 8.66. The van der Waals surface area contributed by atoms with Crippen molar-refractivity contribution in [3.8, 4) is 22.1 Å². The predicted octanol–water partition coefficient (Wildman–Crippen LogP) is 4.23. The summed E-state index contributed by atoms with van der Waals surface area (Å²) in [4.78, 5) is 18.0. The lowest BCUT2D eigenvalue weighted by atomic mass is 9.93. The van der Waals surface area contributed by atoms with E-state index in [1.165, 1.54) is 11.3 Å². The second-order valence-electron chi connectivity index (χ2n) is 6.15. The van der Waals surface area contributed by atoms with Gasteiger partial charge in [0.2, 0.25) is 0 Å². The van der Waals surface area contributed by atoms with Crippen molar-refractivity contribution in [3.63, 3.8) is 0 Å². The minimum Gasteiger partial charge on any atom is -0.493 e. The average Bonchev–Trinajstić information content (AvgIpc) is 3.07. The maximum absolute atomic E-state index is 12.8. The van der Waals surface area contributed by atoms with Crippen LogP contribution in [0.2, 0.25) is 0 Å². The molecule has 0 bridgehead atoms. The number of methoxy groups -OCH3 is 2. The van der Waals surface area contributed by atoms with Gasteiger partial charge in [-0.3, -0.25) is 4.79 Å². The van der Waals surface area contributed by atoms with Gasteiger partial charge >= 0.3 is 0 Å². The molecule has 0 fully saturated rings. The Hall–Kier alpha value is -1.54. The summed E-state index contributed by atoms with van der Waals surface area (Å²) in [6.45, 7) is 6.32. The number of carbonyl (C=O) groups is 1. The molecule has 0 atom stereocenters. The van der Waals surface area contributed by atoms with Gasteiger partial charge in [0.1, 0.15) is 9.88 Å². The number of aryl methyl sites for hydroxylation is 1. The van der Waals surface area contributed by atoms with Crippen LogP contribution in [0.3, 0.4) is 0 Å². The highest BCUT2D eigenvalue weighted by atomic mass is 35.5. The molecule has 2 aromatic rings. The van der Waals surface area contributed by atoms with Crippen LogP contribution in [-0.2, 0) is 0 Å². The van der Waals surface area contributed by atoms with Crippen molar-refractivity contribution in [2.24, 2.45) is 5.73 Å². The number of rotatable bonds is 8. The zero-order valence-electron chi connectivity index (χ0n) is 16.8. The normalized spacial score (nSPS) is 10.5. The molecular formula is C19H29Cl2N3O3S. The molecule has 0 spiro atoms. The second-order valence-corrected chi connectivity index (χ2v) is 7.15. The van der Waals surface area contributed by atoms with Crippen LogP contribution >= 0.6 is 36.2 Å². The van der Waals surface area contributed by atoms with Crippen LogP contribution in [0.5, 0.6) is 11.5 Å². The number of nitrogens with one attached hydrogen (secondary N) is 1. The van der Waals surface area contributed by atoms with E-state index in [1.807, 2.05) is 39.0 Å². The SMILES string of the molecule is CCC(CC)(CN)NC(=O)c1sc(-c2ccc(OC)c(OC)c2)nc1C.Cl.Cl. The molecule has 1 aromatic carbocycles. The molecule has 28 heavy (non-hydrogen) atoms. The first-order chi connectivity index (χ1) is 12.4. The van der Waals surface area contributed by atoms with E-state index in [1.54, 1.807) is 14.2 Å². The van der Waals surface area contributed by atoms with E-state index < -0.39 is 0 Å². The van der Waals surface area contributed by atoms with Crippen LogP contribution in [0.15, 0.2) is 18.2 Å². The Morgan fingerprint density at radius 3 is 2.29 bits per heavy atom. The lowest BCUT2D eigenvalue weighted by Gasteiger charge is -2.31. The van der Waals surface area contributed by atoms with E-state index in [0.717, 1.165) is 23.4 Å². The standard InChI is InChI=1S/C19H27N3O3S.2ClH/c1-6-19(7-2,11-20)22-17(23)16-12(3)21-18(26-16)13-8-9-14(24-4)15(10-13)25-5;;/h8-10H,6-7,11,20H2,1-5H3,(H,22,23);2*1H. The molecule has 6 nitrogen and oxygen atoms in total. The van der Waals surface area contributed by atoms with Gasteiger partial charge in [-0.15, -0.1) is 36.2 Å². The molecule has 3 N–H and O–H groups in total. The van der Waals surface area contributed by atoms with Crippen molar-refractivity contribution in [1.29, 1.82) is 0 Å². The van der Waals surface area contributed by atoms with E-state index in [0.29, 0.717) is 28.6 Å². The third-order valence-corrected chi connectivity index (χ3v) is 5.96. The van der Waals surface area contributed by atoms with Gasteiger partial charge in [0.25, 0.3) is 5.91 Å². The zero-order valence-corrected chi connectivity index (χ0v) is 19.3. The van der Waals surface area contributed by atoms with Crippen LogP contribution < -0.4 is 20.5 Å². The number of carbonyl (C=O) groups excluding carboxylic acids is 1. The smallest absolute Gasteiger partial charge is 0.263 e. The summed E-state index contributed by atoms with van der Waals surface area (Å²) in [7, 11) is 3.19. The van der Waals surface area contributed by atoms with Crippen molar-refractivity contribution in [3.05, 3.63) is 28.8 Å². The number of amides is 1. The number of benzene rings is 1. The molecule has 1 amide bonds. The number of nitrogens with zero attached hydrogens (tertiary/aromatic N) is 1. The summed E-state index contributed by atoms with van der Waals surface area (Å²) >= 11 is 1.37. The summed E-state index contributed by atoms with van der Waals surface area (Å²) in [6, 6.07) is 5.60. The van der Waals surface area contributed by atoms with E-state index in [2.05, 4.69) is 10.3 Å². The third-order valence-electron chi connectivity index (χ3n) is 4.76. The highest BCUT2D eigenvalue weighted by molar-refractivity contribution is 7.17. The number of halogens is 2. The van der Waals surface area contributed by atoms with Crippen molar-refractivity contribution in [2.45, 2.75) is 39.2 Å². The highest BCUT2D eigenvalue weighted by Crippen LogP contribution is 2.35. The molecule has 0 saturated carbocycles. The minimum absolute atomic E-state index is 0. The Morgan fingerprint density at radius 1 is 1.18 bits per heavy atom. The quantitative estimate of drug-likeness (QED) is 0.629. The highest BCUT2D eigenvalue weighted by Gasteiger charge is 2.28. The van der Waals surface area contributed by atoms with Crippen LogP contribution in [0.4, 0.5) is 0 Å². The van der Waals surface area contributed by atoms with Crippen LogP contribution in [-0.4, -0.2) is 37.2 Å². The molecule has 9 heteroatoms. The van der Waals surface area contributed by atoms with Gasteiger partial charge in [-0.25, -0.2) is 4.98 Å².